The van der Waals surface area contributed by atoms with Crippen LogP contribution in [0.4, 0.5) is 5.69 Å². The van der Waals surface area contributed by atoms with Crippen molar-refractivity contribution in [3.63, 3.8) is 0 Å². The summed E-state index contributed by atoms with van der Waals surface area (Å²) in [4.78, 5) is 10.9. The van der Waals surface area contributed by atoms with E-state index < -0.39 is 6.10 Å². The largest absolute Gasteiger partial charge is 0.491 e. The summed E-state index contributed by atoms with van der Waals surface area (Å²) in [5, 5.41) is 15.5. The van der Waals surface area contributed by atoms with Gasteiger partial charge in [-0.25, -0.2) is 0 Å². The molecule has 0 spiro atoms. The van der Waals surface area contributed by atoms with Crippen LogP contribution in [0.2, 0.25) is 0 Å². The zero-order valence-corrected chi connectivity index (χ0v) is 11.6. The number of rotatable bonds is 7. The first-order chi connectivity index (χ1) is 8.97. The molecule has 1 amide bonds. The lowest BCUT2D eigenvalue weighted by molar-refractivity contribution is -0.114. The minimum atomic E-state index is -0.544. The second-order valence-electron chi connectivity index (χ2n) is 4.73. The number of benzene rings is 1. The molecule has 0 bridgehead atoms. The van der Waals surface area contributed by atoms with Crippen LogP contribution >= 0.6 is 0 Å². The fraction of sp³-hybridized carbons (Fsp3) is 0.500. The molecular formula is C14H22N2O3. The molecular weight excluding hydrogens is 244 g/mol. The normalized spacial score (nSPS) is 12.3. The Morgan fingerprint density at radius 1 is 1.32 bits per heavy atom. The molecule has 0 unspecified atom stereocenters. The number of carbonyl (C=O) groups is 1. The SMILES string of the molecule is CC(=O)Nc1ccc(OC[C@H](O)CNC(C)C)cc1. The third-order valence-electron chi connectivity index (χ3n) is 2.38. The number of hydrogen-bond donors (Lipinski definition) is 3. The van der Waals surface area contributed by atoms with Gasteiger partial charge >= 0.3 is 0 Å². The number of nitrogens with one attached hydrogen (secondary N) is 2. The molecule has 1 rings (SSSR count). The third kappa shape index (κ3) is 6.79. The highest BCUT2D eigenvalue weighted by atomic mass is 16.5. The third-order valence-corrected chi connectivity index (χ3v) is 2.38. The fourth-order valence-electron chi connectivity index (χ4n) is 1.46. The number of anilines is 1. The highest BCUT2D eigenvalue weighted by molar-refractivity contribution is 5.88. The monoisotopic (exact) mass is 266 g/mol. The van der Waals surface area contributed by atoms with Gasteiger partial charge in [0.15, 0.2) is 0 Å². The minimum Gasteiger partial charge on any atom is -0.491 e. The molecule has 0 saturated heterocycles. The average Bonchev–Trinajstić information content (AvgIpc) is 2.35. The van der Waals surface area contributed by atoms with E-state index in [9.17, 15) is 9.90 Å². The maximum atomic E-state index is 10.9. The van der Waals surface area contributed by atoms with Crippen molar-refractivity contribution in [1.29, 1.82) is 0 Å². The first-order valence-electron chi connectivity index (χ1n) is 6.39. The summed E-state index contributed by atoms with van der Waals surface area (Å²) in [5.41, 5.74) is 0.724. The number of carbonyl (C=O) groups excluding carboxylic acids is 1. The van der Waals surface area contributed by atoms with E-state index in [1.54, 1.807) is 24.3 Å². The predicted molar refractivity (Wildman–Crippen MR) is 75.4 cm³/mol. The van der Waals surface area contributed by atoms with Crippen molar-refractivity contribution in [1.82, 2.24) is 5.32 Å². The van der Waals surface area contributed by atoms with E-state index in [2.05, 4.69) is 10.6 Å². The molecule has 5 nitrogen and oxygen atoms in total. The first kappa shape index (κ1) is 15.5. The Morgan fingerprint density at radius 3 is 2.47 bits per heavy atom. The van der Waals surface area contributed by atoms with Gasteiger partial charge in [-0.15, -0.1) is 0 Å². The molecule has 0 aliphatic heterocycles. The second-order valence-corrected chi connectivity index (χ2v) is 4.73. The Bertz CT molecular complexity index is 390. The fourth-order valence-corrected chi connectivity index (χ4v) is 1.46. The zero-order chi connectivity index (χ0) is 14.3. The molecule has 1 aromatic carbocycles. The number of aliphatic hydroxyl groups is 1. The van der Waals surface area contributed by atoms with E-state index in [0.717, 1.165) is 5.69 Å². The van der Waals surface area contributed by atoms with Crippen LogP contribution in [0.25, 0.3) is 0 Å². The number of aliphatic hydroxyl groups excluding tert-OH is 1. The Kier molecular flexibility index (Phi) is 6.32. The smallest absolute Gasteiger partial charge is 0.221 e. The summed E-state index contributed by atoms with van der Waals surface area (Å²) < 4.78 is 5.46. The summed E-state index contributed by atoms with van der Waals surface area (Å²) in [6.07, 6.45) is -0.544. The standard InChI is InChI=1S/C14H22N2O3/c1-10(2)15-8-13(18)9-19-14-6-4-12(5-7-14)16-11(3)17/h4-7,10,13,15,18H,8-9H2,1-3H3,(H,16,17)/t13-/m1/s1. The maximum Gasteiger partial charge on any atom is 0.221 e. The van der Waals surface area contributed by atoms with Crippen molar-refractivity contribution < 1.29 is 14.6 Å². The van der Waals surface area contributed by atoms with Gasteiger partial charge in [-0.3, -0.25) is 4.79 Å². The van der Waals surface area contributed by atoms with Crippen LogP contribution in [-0.2, 0) is 4.79 Å². The summed E-state index contributed by atoms with van der Waals surface area (Å²) in [5.74, 6) is 0.557. The van der Waals surface area contributed by atoms with Gasteiger partial charge < -0.3 is 20.5 Å². The average molecular weight is 266 g/mol. The molecule has 0 aromatic heterocycles. The lowest BCUT2D eigenvalue weighted by Crippen LogP contribution is -2.35. The predicted octanol–water partition coefficient (Wildman–Crippen LogP) is 1.38. The van der Waals surface area contributed by atoms with Crippen LogP contribution < -0.4 is 15.4 Å². The van der Waals surface area contributed by atoms with Crippen molar-refractivity contribution in [3.8, 4) is 5.75 Å². The topological polar surface area (TPSA) is 70.6 Å². The summed E-state index contributed by atoms with van der Waals surface area (Å²) in [7, 11) is 0. The highest BCUT2D eigenvalue weighted by Crippen LogP contribution is 2.15. The van der Waals surface area contributed by atoms with E-state index in [0.29, 0.717) is 18.3 Å². The lowest BCUT2D eigenvalue weighted by Gasteiger charge is -2.15. The van der Waals surface area contributed by atoms with E-state index in [1.165, 1.54) is 6.92 Å². The van der Waals surface area contributed by atoms with Crippen molar-refractivity contribution in [2.24, 2.45) is 0 Å². The molecule has 5 heteroatoms. The van der Waals surface area contributed by atoms with E-state index in [1.807, 2.05) is 13.8 Å². The van der Waals surface area contributed by atoms with Crippen molar-refractivity contribution in [3.05, 3.63) is 24.3 Å². The molecule has 0 heterocycles. The van der Waals surface area contributed by atoms with E-state index >= 15 is 0 Å². The van der Waals surface area contributed by atoms with Crippen molar-refractivity contribution >= 4 is 11.6 Å². The highest BCUT2D eigenvalue weighted by Gasteiger charge is 2.06. The van der Waals surface area contributed by atoms with Gasteiger partial charge in [0.05, 0.1) is 0 Å². The molecule has 1 atom stereocenters. The van der Waals surface area contributed by atoms with Gasteiger partial charge in [0.2, 0.25) is 5.91 Å². The van der Waals surface area contributed by atoms with E-state index in [4.69, 9.17) is 4.74 Å². The molecule has 1 aromatic rings. The van der Waals surface area contributed by atoms with Crippen molar-refractivity contribution in [2.75, 3.05) is 18.5 Å². The van der Waals surface area contributed by atoms with Crippen LogP contribution in [-0.4, -0.2) is 36.3 Å². The van der Waals surface area contributed by atoms with Gasteiger partial charge in [-0.1, -0.05) is 13.8 Å². The number of amides is 1. The second kappa shape index (κ2) is 7.76. The van der Waals surface area contributed by atoms with Crippen LogP contribution in [0, 0.1) is 0 Å². The molecule has 0 aliphatic carbocycles. The quantitative estimate of drug-likeness (QED) is 0.697. The summed E-state index contributed by atoms with van der Waals surface area (Å²) in [6, 6.07) is 7.37. The van der Waals surface area contributed by atoms with Crippen LogP contribution in [0.3, 0.4) is 0 Å². The molecule has 0 aliphatic rings. The summed E-state index contributed by atoms with van der Waals surface area (Å²) in [6.45, 7) is 6.24. The maximum absolute atomic E-state index is 10.9. The van der Waals surface area contributed by atoms with Crippen LogP contribution in [0.15, 0.2) is 24.3 Å². The van der Waals surface area contributed by atoms with Gasteiger partial charge in [0.25, 0.3) is 0 Å². The molecule has 3 N–H and O–H groups in total. The van der Waals surface area contributed by atoms with Gasteiger partial charge in [-0.2, -0.15) is 0 Å². The molecule has 0 radical (unpaired) electrons. The molecule has 0 fully saturated rings. The molecule has 106 valence electrons. The van der Waals surface area contributed by atoms with Gasteiger partial charge in [0, 0.05) is 25.2 Å². The molecule has 19 heavy (non-hydrogen) atoms. The van der Waals surface area contributed by atoms with Crippen LogP contribution in [0.1, 0.15) is 20.8 Å². The lowest BCUT2D eigenvalue weighted by atomic mass is 10.3. The Morgan fingerprint density at radius 2 is 1.95 bits per heavy atom. The first-order valence-corrected chi connectivity index (χ1v) is 6.39. The zero-order valence-electron chi connectivity index (χ0n) is 11.6. The van der Waals surface area contributed by atoms with Crippen LogP contribution in [0.5, 0.6) is 5.75 Å². The Balaban J connectivity index is 2.35. The van der Waals surface area contributed by atoms with E-state index in [-0.39, 0.29) is 12.5 Å². The van der Waals surface area contributed by atoms with Gasteiger partial charge in [-0.05, 0) is 24.3 Å². The molecule has 0 saturated carbocycles. The summed E-state index contributed by atoms with van der Waals surface area (Å²) >= 11 is 0. The number of ether oxygens (including phenoxy) is 1. The van der Waals surface area contributed by atoms with Crippen molar-refractivity contribution in [2.45, 2.75) is 32.9 Å². The Hall–Kier alpha value is -1.59. The number of hydrogen-bond acceptors (Lipinski definition) is 4. The van der Waals surface area contributed by atoms with Gasteiger partial charge in [0.1, 0.15) is 18.5 Å². The Labute approximate surface area is 114 Å². The minimum absolute atomic E-state index is 0.108.